The number of hydrogen-bond acceptors (Lipinski definition) is 4. The number of para-hydroxylation sites is 2. The van der Waals surface area contributed by atoms with Crippen molar-refractivity contribution in [1.82, 2.24) is 24.2 Å². The molecule has 5 aromatic rings. The molecule has 218 valence electrons. The Morgan fingerprint density at radius 2 is 1.60 bits per heavy atom. The van der Waals surface area contributed by atoms with Crippen molar-refractivity contribution in [3.8, 4) is 17.2 Å². The van der Waals surface area contributed by atoms with Crippen molar-refractivity contribution in [2.75, 3.05) is 32.8 Å². The first-order valence-corrected chi connectivity index (χ1v) is 13.8. The number of nitrogens with zero attached hydrogens (tertiary/aromatic N) is 4. The molecule has 0 spiro atoms. The first-order valence-electron chi connectivity index (χ1n) is 13.8. The fourth-order valence-electron chi connectivity index (χ4n) is 5.35. The summed E-state index contributed by atoms with van der Waals surface area (Å²) in [7, 11) is 0. The summed E-state index contributed by atoms with van der Waals surface area (Å²) < 4.78 is 62.1. The van der Waals surface area contributed by atoms with Crippen LogP contribution in [0, 0.1) is 5.82 Å². The van der Waals surface area contributed by atoms with Crippen molar-refractivity contribution in [1.29, 1.82) is 0 Å². The Labute approximate surface area is 239 Å². The van der Waals surface area contributed by atoms with Gasteiger partial charge in [0.05, 0.1) is 35.5 Å². The number of morpholine rings is 1. The van der Waals surface area contributed by atoms with Gasteiger partial charge < -0.3 is 9.30 Å². The Morgan fingerprint density at radius 3 is 2.31 bits per heavy atom. The standard InChI is InChI=1S/C31H29F4N5O2/c32-24-12-5-21(6-13-24)7-14-25-28(22-8-10-23(11-9-22)31(33,34)35)37-40(29(25)41)30-36-26-3-1-2-4-27(26)39(30)16-15-38-17-19-42-20-18-38/h1-6,8-13,37H,7,14-20H2. The number of halogens is 4. The van der Waals surface area contributed by atoms with E-state index in [9.17, 15) is 22.4 Å². The second-order valence-electron chi connectivity index (χ2n) is 10.3. The van der Waals surface area contributed by atoms with Gasteiger partial charge in [0.15, 0.2) is 0 Å². The van der Waals surface area contributed by atoms with Gasteiger partial charge in [0, 0.05) is 31.7 Å². The van der Waals surface area contributed by atoms with Crippen LogP contribution in [0.2, 0.25) is 0 Å². The lowest BCUT2D eigenvalue weighted by Crippen LogP contribution is -2.38. The molecular weight excluding hydrogens is 550 g/mol. The predicted molar refractivity (Wildman–Crippen MR) is 151 cm³/mol. The van der Waals surface area contributed by atoms with E-state index in [1.807, 2.05) is 28.8 Å². The number of ether oxygens (including phenoxy) is 1. The molecule has 7 nitrogen and oxygen atoms in total. The van der Waals surface area contributed by atoms with Crippen LogP contribution in [0.3, 0.4) is 0 Å². The van der Waals surface area contributed by atoms with Crippen molar-refractivity contribution >= 4 is 11.0 Å². The lowest BCUT2D eigenvalue weighted by Gasteiger charge is -2.26. The van der Waals surface area contributed by atoms with E-state index in [4.69, 9.17) is 9.72 Å². The van der Waals surface area contributed by atoms with Gasteiger partial charge in [-0.15, -0.1) is 0 Å². The Balaban J connectivity index is 1.42. The predicted octanol–water partition coefficient (Wildman–Crippen LogP) is 5.46. The molecule has 3 heterocycles. The highest BCUT2D eigenvalue weighted by molar-refractivity contribution is 5.77. The van der Waals surface area contributed by atoms with Gasteiger partial charge in [-0.2, -0.15) is 17.9 Å². The maximum atomic E-state index is 14.0. The summed E-state index contributed by atoms with van der Waals surface area (Å²) in [6, 6.07) is 18.4. The summed E-state index contributed by atoms with van der Waals surface area (Å²) in [4.78, 5) is 21.1. The molecule has 0 saturated carbocycles. The Bertz CT molecular complexity index is 1730. The van der Waals surface area contributed by atoms with Crippen LogP contribution in [-0.4, -0.2) is 57.1 Å². The summed E-state index contributed by atoms with van der Waals surface area (Å²) in [6.07, 6.45) is -3.75. The van der Waals surface area contributed by atoms with Crippen LogP contribution in [0.15, 0.2) is 77.6 Å². The fourth-order valence-corrected chi connectivity index (χ4v) is 5.35. The molecule has 1 N–H and O–H groups in total. The molecule has 1 saturated heterocycles. The van der Waals surface area contributed by atoms with Crippen molar-refractivity contribution in [2.45, 2.75) is 25.6 Å². The largest absolute Gasteiger partial charge is 0.416 e. The second kappa shape index (κ2) is 11.6. The second-order valence-corrected chi connectivity index (χ2v) is 10.3. The number of H-pyrrole nitrogens is 1. The molecule has 0 aliphatic carbocycles. The van der Waals surface area contributed by atoms with Crippen LogP contribution in [0.25, 0.3) is 28.2 Å². The van der Waals surface area contributed by atoms with Gasteiger partial charge in [0.2, 0.25) is 5.95 Å². The topological polar surface area (TPSA) is 68.1 Å². The minimum Gasteiger partial charge on any atom is -0.379 e. The van der Waals surface area contributed by atoms with Crippen LogP contribution < -0.4 is 5.56 Å². The molecule has 2 aromatic heterocycles. The van der Waals surface area contributed by atoms with Crippen molar-refractivity contribution in [3.63, 3.8) is 0 Å². The fraction of sp³-hybridized carbons (Fsp3) is 0.290. The highest BCUT2D eigenvalue weighted by Crippen LogP contribution is 2.31. The molecule has 1 aliphatic rings. The van der Waals surface area contributed by atoms with E-state index >= 15 is 0 Å². The highest BCUT2D eigenvalue weighted by atomic mass is 19.4. The van der Waals surface area contributed by atoms with Gasteiger partial charge in [0.25, 0.3) is 5.56 Å². The molecule has 0 amide bonds. The zero-order valence-electron chi connectivity index (χ0n) is 22.7. The molecule has 42 heavy (non-hydrogen) atoms. The molecule has 0 atom stereocenters. The zero-order chi connectivity index (χ0) is 29.3. The third-order valence-corrected chi connectivity index (χ3v) is 7.64. The van der Waals surface area contributed by atoms with E-state index < -0.39 is 11.7 Å². The summed E-state index contributed by atoms with van der Waals surface area (Å²) >= 11 is 0. The maximum Gasteiger partial charge on any atom is 0.416 e. The number of alkyl halides is 3. The van der Waals surface area contributed by atoms with Gasteiger partial charge in [-0.05, 0) is 60.4 Å². The van der Waals surface area contributed by atoms with Crippen LogP contribution in [-0.2, 0) is 30.3 Å². The van der Waals surface area contributed by atoms with Gasteiger partial charge in [0.1, 0.15) is 5.82 Å². The summed E-state index contributed by atoms with van der Waals surface area (Å²) in [6.45, 7) is 4.27. The average molecular weight is 580 g/mol. The number of rotatable bonds is 8. The molecule has 1 fully saturated rings. The number of aromatic nitrogens is 4. The minimum absolute atomic E-state index is 0.290. The number of aromatic amines is 1. The van der Waals surface area contributed by atoms with E-state index in [0.29, 0.717) is 55.4 Å². The number of aryl methyl sites for hydroxylation is 1. The van der Waals surface area contributed by atoms with Crippen molar-refractivity contribution < 1.29 is 22.3 Å². The zero-order valence-corrected chi connectivity index (χ0v) is 22.7. The summed E-state index contributed by atoms with van der Waals surface area (Å²) in [5.41, 5.74) is 2.59. The number of nitrogens with one attached hydrogen (secondary N) is 1. The van der Waals surface area contributed by atoms with Crippen LogP contribution in [0.1, 0.15) is 16.7 Å². The van der Waals surface area contributed by atoms with E-state index in [1.54, 1.807) is 12.1 Å². The third-order valence-electron chi connectivity index (χ3n) is 7.64. The minimum atomic E-state index is -4.48. The molecule has 3 aromatic carbocycles. The molecular formula is C31H29F4N5O2. The molecule has 11 heteroatoms. The molecule has 0 radical (unpaired) electrons. The number of benzene rings is 3. The van der Waals surface area contributed by atoms with Crippen molar-refractivity contribution in [2.24, 2.45) is 0 Å². The van der Waals surface area contributed by atoms with Gasteiger partial charge in [-0.1, -0.05) is 36.4 Å². The summed E-state index contributed by atoms with van der Waals surface area (Å²) in [5, 5.41) is 3.17. The SMILES string of the molecule is O=c1c(CCc2ccc(F)cc2)c(-c2ccc(C(F)(F)F)cc2)[nH]n1-c1nc2ccccc2n1CCN1CCOCC1. The van der Waals surface area contributed by atoms with E-state index in [-0.39, 0.29) is 11.4 Å². The first-order chi connectivity index (χ1) is 20.3. The smallest absolute Gasteiger partial charge is 0.379 e. The average Bonchev–Trinajstić information content (AvgIpc) is 3.52. The molecule has 6 rings (SSSR count). The Hall–Kier alpha value is -4.22. The monoisotopic (exact) mass is 579 g/mol. The van der Waals surface area contributed by atoms with Gasteiger partial charge in [-0.25, -0.2) is 9.37 Å². The normalized spacial score (nSPS) is 14.6. The lowest BCUT2D eigenvalue weighted by atomic mass is 10.0. The Morgan fingerprint density at radius 1 is 0.881 bits per heavy atom. The lowest BCUT2D eigenvalue weighted by molar-refractivity contribution is -0.137. The van der Waals surface area contributed by atoms with E-state index in [2.05, 4.69) is 10.00 Å². The first kappa shape index (κ1) is 27.9. The van der Waals surface area contributed by atoms with Crippen LogP contribution >= 0.6 is 0 Å². The van der Waals surface area contributed by atoms with Crippen LogP contribution in [0.4, 0.5) is 17.6 Å². The molecule has 0 unspecified atom stereocenters. The number of fused-ring (bicyclic) bond motifs is 1. The molecule has 1 aliphatic heterocycles. The quantitative estimate of drug-likeness (QED) is 0.248. The number of hydrogen-bond donors (Lipinski definition) is 1. The van der Waals surface area contributed by atoms with Gasteiger partial charge in [-0.3, -0.25) is 14.8 Å². The maximum absolute atomic E-state index is 14.0. The third kappa shape index (κ3) is 5.75. The van der Waals surface area contributed by atoms with E-state index in [1.165, 1.54) is 28.9 Å². The summed E-state index contributed by atoms with van der Waals surface area (Å²) in [5.74, 6) is 0.0415. The van der Waals surface area contributed by atoms with Gasteiger partial charge >= 0.3 is 6.18 Å². The Kier molecular flexibility index (Phi) is 7.70. The van der Waals surface area contributed by atoms with Crippen molar-refractivity contribution in [3.05, 3.63) is 106 Å². The van der Waals surface area contributed by atoms with Crippen LogP contribution in [0.5, 0.6) is 0 Å². The molecule has 0 bridgehead atoms. The number of imidazole rings is 1. The van der Waals surface area contributed by atoms with E-state index in [0.717, 1.165) is 48.4 Å². The highest BCUT2D eigenvalue weighted by Gasteiger charge is 2.30.